The standard InChI is InChI=1S/C15H16N2O3/c18-15(16-10-11-4-3-8-19-11)17-13-7-9-20-14-6-2-1-5-12(13)14/h1-6,8,13H,7,9-10H2,(H2,16,17,18). The number of ether oxygens (including phenoxy) is 1. The van der Waals surface area contributed by atoms with Crippen LogP contribution in [0.1, 0.15) is 23.8 Å². The van der Waals surface area contributed by atoms with Crippen LogP contribution in [0.2, 0.25) is 0 Å². The molecule has 2 heterocycles. The Bertz CT molecular complexity index is 581. The molecule has 1 atom stereocenters. The third kappa shape index (κ3) is 2.77. The zero-order chi connectivity index (χ0) is 13.8. The van der Waals surface area contributed by atoms with E-state index < -0.39 is 0 Å². The molecular weight excluding hydrogens is 256 g/mol. The van der Waals surface area contributed by atoms with Gasteiger partial charge in [-0.15, -0.1) is 0 Å². The maximum atomic E-state index is 11.9. The molecule has 1 aliphatic rings. The van der Waals surface area contributed by atoms with E-state index in [0.29, 0.717) is 13.2 Å². The van der Waals surface area contributed by atoms with Gasteiger partial charge in [-0.1, -0.05) is 18.2 Å². The monoisotopic (exact) mass is 272 g/mol. The Hall–Kier alpha value is -2.43. The van der Waals surface area contributed by atoms with Crippen molar-refractivity contribution in [1.82, 2.24) is 10.6 Å². The van der Waals surface area contributed by atoms with E-state index in [2.05, 4.69) is 10.6 Å². The quantitative estimate of drug-likeness (QED) is 0.902. The first-order chi connectivity index (χ1) is 9.83. The van der Waals surface area contributed by atoms with Gasteiger partial charge in [-0.25, -0.2) is 4.79 Å². The van der Waals surface area contributed by atoms with E-state index in [-0.39, 0.29) is 12.1 Å². The van der Waals surface area contributed by atoms with Gasteiger partial charge in [-0.3, -0.25) is 0 Å². The second-order valence-electron chi connectivity index (χ2n) is 4.63. The fourth-order valence-corrected chi connectivity index (χ4v) is 2.28. The molecule has 0 bridgehead atoms. The second-order valence-corrected chi connectivity index (χ2v) is 4.63. The normalized spacial score (nSPS) is 16.9. The molecule has 0 spiro atoms. The van der Waals surface area contributed by atoms with Crippen molar-refractivity contribution in [3.63, 3.8) is 0 Å². The molecular formula is C15H16N2O3. The van der Waals surface area contributed by atoms with Gasteiger partial charge in [0, 0.05) is 12.0 Å². The summed E-state index contributed by atoms with van der Waals surface area (Å²) in [6.07, 6.45) is 2.36. The lowest BCUT2D eigenvalue weighted by molar-refractivity contribution is 0.222. The topological polar surface area (TPSA) is 63.5 Å². The fourth-order valence-electron chi connectivity index (χ4n) is 2.28. The molecule has 1 unspecified atom stereocenters. The maximum absolute atomic E-state index is 11.9. The Morgan fingerprint density at radius 3 is 3.00 bits per heavy atom. The summed E-state index contributed by atoms with van der Waals surface area (Å²) in [6.45, 7) is 0.990. The van der Waals surface area contributed by atoms with Gasteiger partial charge in [0.05, 0.1) is 25.5 Å². The van der Waals surface area contributed by atoms with Gasteiger partial charge < -0.3 is 19.8 Å². The Labute approximate surface area is 116 Å². The molecule has 0 fully saturated rings. The average molecular weight is 272 g/mol. The summed E-state index contributed by atoms with van der Waals surface area (Å²) in [6, 6.07) is 11.2. The highest BCUT2D eigenvalue weighted by Crippen LogP contribution is 2.31. The van der Waals surface area contributed by atoms with Gasteiger partial charge in [-0.05, 0) is 18.2 Å². The van der Waals surface area contributed by atoms with Crippen LogP contribution in [0.4, 0.5) is 4.79 Å². The maximum Gasteiger partial charge on any atom is 0.315 e. The van der Waals surface area contributed by atoms with E-state index in [0.717, 1.165) is 23.5 Å². The number of hydrogen-bond acceptors (Lipinski definition) is 3. The second kappa shape index (κ2) is 5.69. The number of benzene rings is 1. The van der Waals surface area contributed by atoms with Crippen molar-refractivity contribution >= 4 is 6.03 Å². The van der Waals surface area contributed by atoms with Crippen LogP contribution in [0.3, 0.4) is 0 Å². The molecule has 0 saturated carbocycles. The minimum atomic E-state index is -0.205. The molecule has 2 amide bonds. The number of fused-ring (bicyclic) bond motifs is 1. The molecule has 104 valence electrons. The first-order valence-electron chi connectivity index (χ1n) is 6.61. The molecule has 1 aromatic heterocycles. The van der Waals surface area contributed by atoms with Crippen molar-refractivity contribution in [2.24, 2.45) is 0 Å². The van der Waals surface area contributed by atoms with Gasteiger partial charge in [-0.2, -0.15) is 0 Å². The number of amides is 2. The van der Waals surface area contributed by atoms with Crippen LogP contribution in [0, 0.1) is 0 Å². The number of urea groups is 1. The molecule has 1 aliphatic heterocycles. The molecule has 2 N–H and O–H groups in total. The summed E-state index contributed by atoms with van der Waals surface area (Å²) in [4.78, 5) is 11.9. The predicted molar refractivity (Wildman–Crippen MR) is 73.4 cm³/mol. The molecule has 5 nitrogen and oxygen atoms in total. The number of carbonyl (C=O) groups is 1. The Kier molecular flexibility index (Phi) is 3.58. The van der Waals surface area contributed by atoms with E-state index in [1.54, 1.807) is 12.3 Å². The van der Waals surface area contributed by atoms with Crippen LogP contribution in [0.5, 0.6) is 5.75 Å². The molecule has 0 saturated heterocycles. The molecule has 20 heavy (non-hydrogen) atoms. The molecule has 3 rings (SSSR count). The van der Waals surface area contributed by atoms with Crippen molar-refractivity contribution in [3.05, 3.63) is 54.0 Å². The summed E-state index contributed by atoms with van der Waals surface area (Å²) >= 11 is 0. The summed E-state index contributed by atoms with van der Waals surface area (Å²) in [5.74, 6) is 1.57. The zero-order valence-corrected chi connectivity index (χ0v) is 11.0. The predicted octanol–water partition coefficient (Wildman–Crippen LogP) is 2.60. The number of nitrogens with one attached hydrogen (secondary N) is 2. The van der Waals surface area contributed by atoms with Gasteiger partial charge in [0.1, 0.15) is 11.5 Å². The Morgan fingerprint density at radius 2 is 2.15 bits per heavy atom. The molecule has 0 radical (unpaired) electrons. The van der Waals surface area contributed by atoms with Crippen LogP contribution in [-0.2, 0) is 6.54 Å². The SMILES string of the molecule is O=C(NCc1ccco1)NC1CCOc2ccccc21. The van der Waals surface area contributed by atoms with Gasteiger partial charge in [0.25, 0.3) is 0 Å². The number of hydrogen-bond donors (Lipinski definition) is 2. The molecule has 0 aliphatic carbocycles. The number of furan rings is 1. The van der Waals surface area contributed by atoms with Crippen molar-refractivity contribution in [2.45, 2.75) is 19.0 Å². The van der Waals surface area contributed by atoms with Crippen LogP contribution < -0.4 is 15.4 Å². The van der Waals surface area contributed by atoms with Gasteiger partial charge >= 0.3 is 6.03 Å². The number of para-hydroxylation sites is 1. The molecule has 1 aromatic carbocycles. The van der Waals surface area contributed by atoms with Crippen LogP contribution in [-0.4, -0.2) is 12.6 Å². The van der Waals surface area contributed by atoms with Crippen LogP contribution in [0.15, 0.2) is 47.1 Å². The smallest absolute Gasteiger partial charge is 0.315 e. The largest absolute Gasteiger partial charge is 0.493 e. The summed E-state index contributed by atoms with van der Waals surface area (Å²) in [5.41, 5.74) is 1.02. The molecule has 2 aromatic rings. The van der Waals surface area contributed by atoms with E-state index >= 15 is 0 Å². The zero-order valence-electron chi connectivity index (χ0n) is 11.0. The first-order valence-corrected chi connectivity index (χ1v) is 6.61. The van der Waals surface area contributed by atoms with Crippen LogP contribution >= 0.6 is 0 Å². The summed E-state index contributed by atoms with van der Waals surface area (Å²) < 4.78 is 10.7. The third-order valence-electron chi connectivity index (χ3n) is 3.27. The van der Waals surface area contributed by atoms with E-state index in [9.17, 15) is 4.79 Å². The first kappa shape index (κ1) is 12.6. The number of rotatable bonds is 3. The lowest BCUT2D eigenvalue weighted by atomic mass is 10.0. The van der Waals surface area contributed by atoms with Crippen LogP contribution in [0.25, 0.3) is 0 Å². The lowest BCUT2D eigenvalue weighted by Gasteiger charge is -2.26. The fraction of sp³-hybridized carbons (Fsp3) is 0.267. The van der Waals surface area contributed by atoms with Crippen molar-refractivity contribution in [3.8, 4) is 5.75 Å². The Balaban J connectivity index is 1.59. The van der Waals surface area contributed by atoms with Crippen molar-refractivity contribution in [1.29, 1.82) is 0 Å². The number of carbonyl (C=O) groups excluding carboxylic acids is 1. The Morgan fingerprint density at radius 1 is 1.25 bits per heavy atom. The summed E-state index contributed by atoms with van der Waals surface area (Å²) in [7, 11) is 0. The highest BCUT2D eigenvalue weighted by atomic mass is 16.5. The molecule has 5 heteroatoms. The lowest BCUT2D eigenvalue weighted by Crippen LogP contribution is -2.39. The third-order valence-corrected chi connectivity index (χ3v) is 3.27. The minimum Gasteiger partial charge on any atom is -0.493 e. The highest BCUT2D eigenvalue weighted by Gasteiger charge is 2.22. The van der Waals surface area contributed by atoms with E-state index in [1.807, 2.05) is 30.3 Å². The summed E-state index contributed by atoms with van der Waals surface area (Å²) in [5, 5.41) is 5.74. The van der Waals surface area contributed by atoms with Gasteiger partial charge in [0.2, 0.25) is 0 Å². The van der Waals surface area contributed by atoms with E-state index in [1.165, 1.54) is 0 Å². The van der Waals surface area contributed by atoms with Gasteiger partial charge in [0.15, 0.2) is 0 Å². The van der Waals surface area contributed by atoms with E-state index in [4.69, 9.17) is 9.15 Å². The minimum absolute atomic E-state index is 0.0171. The highest BCUT2D eigenvalue weighted by molar-refractivity contribution is 5.74. The van der Waals surface area contributed by atoms with Crippen molar-refractivity contribution in [2.75, 3.05) is 6.61 Å². The average Bonchev–Trinajstić information content (AvgIpc) is 2.99. The van der Waals surface area contributed by atoms with Crippen molar-refractivity contribution < 1.29 is 13.9 Å².